The second-order valence-electron chi connectivity index (χ2n) is 7.30. The molecule has 0 aliphatic carbocycles. The van der Waals surface area contributed by atoms with Crippen molar-refractivity contribution in [2.75, 3.05) is 20.2 Å². The molecule has 1 saturated heterocycles. The maximum absolute atomic E-state index is 13.4. The van der Waals surface area contributed by atoms with Gasteiger partial charge in [0.1, 0.15) is 11.6 Å². The summed E-state index contributed by atoms with van der Waals surface area (Å²) in [5, 5.41) is 12.3. The average Bonchev–Trinajstić information content (AvgIpc) is 2.83. The van der Waals surface area contributed by atoms with Crippen molar-refractivity contribution in [2.45, 2.75) is 19.4 Å². The van der Waals surface area contributed by atoms with E-state index < -0.39 is 5.82 Å². The molecule has 0 saturated carbocycles. The second kappa shape index (κ2) is 11.1. The molecule has 2 amide bonds. The lowest BCUT2D eigenvalue weighted by molar-refractivity contribution is -0.118. The van der Waals surface area contributed by atoms with E-state index >= 15 is 0 Å². The van der Waals surface area contributed by atoms with Gasteiger partial charge in [0.2, 0.25) is 5.78 Å². The highest BCUT2D eigenvalue weighted by molar-refractivity contribution is 9.10. The number of halogens is 2. The quantitative estimate of drug-likeness (QED) is 0.314. The fourth-order valence-electron chi connectivity index (χ4n) is 3.39. The summed E-state index contributed by atoms with van der Waals surface area (Å²) in [6.07, 6.45) is 0.894. The Hall–Kier alpha value is -2.98. The molecule has 2 aromatic rings. The van der Waals surface area contributed by atoms with Crippen LogP contribution in [0.5, 0.6) is 5.75 Å². The number of hydroxylamine groups is 1. The molecule has 0 spiro atoms. The number of piperidine rings is 1. The Bertz CT molecular complexity index is 992. The van der Waals surface area contributed by atoms with Crippen LogP contribution < -0.4 is 15.5 Å². The molecular formula is C22H24BrFN4O4. The number of ether oxygens (including phenoxy) is 1. The Balaban J connectivity index is 1.52. The molecule has 1 aliphatic rings. The number of hydrogen-bond donors (Lipinski definition) is 3. The Morgan fingerprint density at radius 2 is 1.91 bits per heavy atom. The third-order valence-corrected chi connectivity index (χ3v) is 5.85. The van der Waals surface area contributed by atoms with E-state index in [1.54, 1.807) is 12.0 Å². The minimum Gasteiger partial charge on any atom is -0.497 e. The molecule has 1 aliphatic heterocycles. The van der Waals surface area contributed by atoms with Crippen molar-refractivity contribution in [2.24, 2.45) is 10.9 Å². The van der Waals surface area contributed by atoms with Crippen LogP contribution in [0.4, 0.5) is 14.9 Å². The van der Waals surface area contributed by atoms with Crippen molar-refractivity contribution < 1.29 is 23.9 Å². The van der Waals surface area contributed by atoms with E-state index in [1.807, 2.05) is 29.7 Å². The van der Waals surface area contributed by atoms with E-state index in [1.165, 1.54) is 18.2 Å². The number of amides is 2. The summed E-state index contributed by atoms with van der Waals surface area (Å²) in [6.45, 7) is 1.21. The van der Waals surface area contributed by atoms with E-state index in [0.29, 0.717) is 38.2 Å². The van der Waals surface area contributed by atoms with Crippen molar-refractivity contribution in [3.05, 3.63) is 58.3 Å². The van der Waals surface area contributed by atoms with Gasteiger partial charge in [0.05, 0.1) is 17.3 Å². The number of urea groups is 1. The van der Waals surface area contributed by atoms with Crippen LogP contribution in [0.2, 0.25) is 0 Å². The molecule has 0 aromatic heterocycles. The number of carbonyl (C=O) groups is 2. The van der Waals surface area contributed by atoms with E-state index in [-0.39, 0.29) is 28.0 Å². The zero-order chi connectivity index (χ0) is 23.1. The molecule has 0 unspecified atom stereocenters. The average molecular weight is 507 g/mol. The summed E-state index contributed by atoms with van der Waals surface area (Å²) >= 11 is 3.06. The molecule has 1 heterocycles. The molecule has 170 valence electrons. The van der Waals surface area contributed by atoms with Crippen molar-refractivity contribution >= 4 is 39.3 Å². The number of benzene rings is 2. The molecule has 3 rings (SSSR count). The van der Waals surface area contributed by atoms with E-state index in [9.17, 15) is 19.2 Å². The van der Waals surface area contributed by atoms with Crippen molar-refractivity contribution in [3.8, 4) is 5.75 Å². The maximum Gasteiger partial charge on any atom is 0.317 e. The Labute approximate surface area is 193 Å². The first kappa shape index (κ1) is 23.7. The fraction of sp³-hybridized carbons (Fsp3) is 0.318. The van der Waals surface area contributed by atoms with Crippen LogP contribution in [-0.4, -0.2) is 48.0 Å². The summed E-state index contributed by atoms with van der Waals surface area (Å²) in [5.41, 5.74) is 3.12. The zero-order valence-electron chi connectivity index (χ0n) is 17.5. The molecule has 0 atom stereocenters. The van der Waals surface area contributed by atoms with Gasteiger partial charge in [-0.3, -0.25) is 10.0 Å². The van der Waals surface area contributed by atoms with Crippen LogP contribution in [0.3, 0.4) is 0 Å². The van der Waals surface area contributed by atoms with Gasteiger partial charge < -0.3 is 15.0 Å². The van der Waals surface area contributed by atoms with Crippen LogP contribution in [0.1, 0.15) is 18.4 Å². The monoisotopic (exact) mass is 506 g/mol. The number of Topliss-reactive ketones (excluding diaryl/α,β-unsaturated/α-hetero) is 1. The van der Waals surface area contributed by atoms with Gasteiger partial charge in [-0.2, -0.15) is 0 Å². The predicted octanol–water partition coefficient (Wildman–Crippen LogP) is 3.80. The number of likely N-dealkylation sites (tertiary alicyclic amines) is 1. The molecule has 10 heteroatoms. The van der Waals surface area contributed by atoms with Gasteiger partial charge in [-0.05, 0) is 64.7 Å². The zero-order valence-corrected chi connectivity index (χ0v) is 19.1. The highest BCUT2D eigenvalue weighted by Gasteiger charge is 2.30. The standard InChI is InChI=1S/C22H24BrFN4O4/c1-32-17-5-2-14(3-6-17)13-25-22(30)28-10-8-15(9-11-28)20(29)21(27-31)26-16-4-7-19(24)18(23)12-16/h2-7,12,15,31H,8-11,13H2,1H3,(H,25,30)(H,26,27). The number of carbonyl (C=O) groups excluding carboxylic acids is 2. The molecular weight excluding hydrogens is 483 g/mol. The first-order chi connectivity index (χ1) is 15.4. The van der Waals surface area contributed by atoms with Gasteiger partial charge >= 0.3 is 6.03 Å². The van der Waals surface area contributed by atoms with Gasteiger partial charge in [-0.1, -0.05) is 12.1 Å². The fourth-order valence-corrected chi connectivity index (χ4v) is 3.76. The van der Waals surface area contributed by atoms with Crippen LogP contribution in [0, 0.1) is 11.7 Å². The SMILES string of the molecule is COc1ccc(CNC(=O)N2CCC(C(=O)C(=Nc3ccc(F)c(Br)c3)NO)CC2)cc1. The van der Waals surface area contributed by atoms with Gasteiger partial charge in [0.25, 0.3) is 0 Å². The van der Waals surface area contributed by atoms with Crippen molar-refractivity contribution in [1.29, 1.82) is 0 Å². The lowest BCUT2D eigenvalue weighted by Crippen LogP contribution is -2.46. The second-order valence-corrected chi connectivity index (χ2v) is 8.16. The molecule has 3 N–H and O–H groups in total. The van der Waals surface area contributed by atoms with Gasteiger partial charge in [-0.25, -0.2) is 19.7 Å². The number of aliphatic imine (C=N–C) groups is 1. The first-order valence-corrected chi connectivity index (χ1v) is 10.8. The molecule has 0 radical (unpaired) electrons. The molecule has 0 bridgehead atoms. The minimum atomic E-state index is -0.452. The predicted molar refractivity (Wildman–Crippen MR) is 121 cm³/mol. The van der Waals surface area contributed by atoms with Crippen molar-refractivity contribution in [3.63, 3.8) is 0 Å². The van der Waals surface area contributed by atoms with E-state index in [0.717, 1.165) is 11.3 Å². The van der Waals surface area contributed by atoms with E-state index in [2.05, 4.69) is 26.2 Å². The lowest BCUT2D eigenvalue weighted by atomic mass is 9.92. The Morgan fingerprint density at radius 3 is 2.50 bits per heavy atom. The van der Waals surface area contributed by atoms with Crippen LogP contribution >= 0.6 is 15.9 Å². The topological polar surface area (TPSA) is 103 Å². The van der Waals surface area contributed by atoms with Gasteiger partial charge in [0.15, 0.2) is 5.84 Å². The van der Waals surface area contributed by atoms with Crippen LogP contribution in [0.15, 0.2) is 51.9 Å². The largest absolute Gasteiger partial charge is 0.497 e. The molecule has 32 heavy (non-hydrogen) atoms. The number of amidine groups is 1. The number of methoxy groups -OCH3 is 1. The van der Waals surface area contributed by atoms with E-state index in [4.69, 9.17) is 4.74 Å². The highest BCUT2D eigenvalue weighted by Crippen LogP contribution is 2.24. The number of nitrogens with zero attached hydrogens (tertiary/aromatic N) is 2. The van der Waals surface area contributed by atoms with Gasteiger partial charge in [0, 0.05) is 25.6 Å². The number of nitrogens with one attached hydrogen (secondary N) is 2. The summed E-state index contributed by atoms with van der Waals surface area (Å²) in [5.74, 6) is -0.661. The third kappa shape index (κ3) is 6.04. The lowest BCUT2D eigenvalue weighted by Gasteiger charge is -2.31. The van der Waals surface area contributed by atoms with Gasteiger partial charge in [-0.15, -0.1) is 0 Å². The minimum absolute atomic E-state index is 0.197. The van der Waals surface area contributed by atoms with Crippen LogP contribution in [0.25, 0.3) is 0 Å². The number of hydrogen-bond acceptors (Lipinski definition) is 5. The molecule has 8 nitrogen and oxygen atoms in total. The normalized spacial score (nSPS) is 14.8. The molecule has 2 aromatic carbocycles. The summed E-state index contributed by atoms with van der Waals surface area (Å²) in [6, 6.07) is 11.3. The number of ketones is 1. The highest BCUT2D eigenvalue weighted by atomic mass is 79.9. The Morgan fingerprint density at radius 1 is 1.22 bits per heavy atom. The third-order valence-electron chi connectivity index (χ3n) is 5.24. The smallest absolute Gasteiger partial charge is 0.317 e. The summed E-state index contributed by atoms with van der Waals surface area (Å²) in [7, 11) is 1.60. The first-order valence-electron chi connectivity index (χ1n) is 10.0. The number of rotatable bonds is 6. The summed E-state index contributed by atoms with van der Waals surface area (Å²) < 4.78 is 18.7. The van der Waals surface area contributed by atoms with Crippen LogP contribution in [-0.2, 0) is 11.3 Å². The molecule has 1 fully saturated rings. The summed E-state index contributed by atoms with van der Waals surface area (Å²) in [4.78, 5) is 31.0. The van der Waals surface area contributed by atoms with Crippen molar-refractivity contribution in [1.82, 2.24) is 15.7 Å². The Kier molecular flexibility index (Phi) is 8.18. The maximum atomic E-state index is 13.4.